The normalized spacial score (nSPS) is 11.6. The molecular formula is C30H24Cl2N5O4S2+. The van der Waals surface area contributed by atoms with Crippen molar-refractivity contribution in [2.24, 2.45) is 0 Å². The molecule has 0 fully saturated rings. The summed E-state index contributed by atoms with van der Waals surface area (Å²) in [5.74, 6) is -1.70. The predicted molar refractivity (Wildman–Crippen MR) is 169 cm³/mol. The fourth-order valence-electron chi connectivity index (χ4n) is 3.89. The van der Waals surface area contributed by atoms with E-state index in [1.54, 1.807) is 54.6 Å². The second kappa shape index (κ2) is 13.3. The van der Waals surface area contributed by atoms with Crippen LogP contribution < -0.4 is 19.5 Å². The largest absolute Gasteiger partial charge is 0.377 e. The number of carbonyl (C=O) groups is 2. The third-order valence-electron chi connectivity index (χ3n) is 6.11. The zero-order chi connectivity index (χ0) is 31.3. The van der Waals surface area contributed by atoms with E-state index in [1.165, 1.54) is 35.2 Å². The van der Waals surface area contributed by atoms with Crippen LogP contribution in [0.1, 0.15) is 20.7 Å². The lowest BCUT2D eigenvalue weighted by Gasteiger charge is -2.14. The Morgan fingerprint density at radius 2 is 1.58 bits per heavy atom. The topological polar surface area (TPSA) is 123 Å². The van der Waals surface area contributed by atoms with E-state index >= 15 is 0 Å². The molecule has 9 nitrogen and oxygen atoms in total. The summed E-state index contributed by atoms with van der Waals surface area (Å²) >= 11 is 16.5. The molecule has 2 N–H and O–H groups in total. The van der Waals surface area contributed by atoms with Gasteiger partial charge in [0.05, 0.1) is 23.0 Å². The SMILES string of the molecule is CN(C)c1cc[n+](/C(NS(=O)(=O)c2cc(C(=O)Nc3ccc(Cl)cc3)c(Cl)cc2S)=C(\C#N)C(=O)c2ccccc2)cc1. The zero-order valence-electron chi connectivity index (χ0n) is 22.7. The van der Waals surface area contributed by atoms with E-state index in [4.69, 9.17) is 23.2 Å². The number of sulfonamides is 1. The second-order valence-electron chi connectivity index (χ2n) is 9.25. The molecule has 0 saturated carbocycles. The van der Waals surface area contributed by atoms with Gasteiger partial charge < -0.3 is 10.2 Å². The minimum Gasteiger partial charge on any atom is -0.377 e. The van der Waals surface area contributed by atoms with Gasteiger partial charge in [-0.25, -0.2) is 4.57 Å². The molecule has 43 heavy (non-hydrogen) atoms. The van der Waals surface area contributed by atoms with Crippen molar-refractivity contribution in [2.75, 3.05) is 24.3 Å². The summed E-state index contributed by atoms with van der Waals surface area (Å²) in [6, 6.07) is 21.8. The molecule has 4 aromatic rings. The Bertz CT molecular complexity index is 1870. The van der Waals surface area contributed by atoms with Crippen molar-refractivity contribution < 1.29 is 22.6 Å². The lowest BCUT2D eigenvalue weighted by Crippen LogP contribution is -2.43. The van der Waals surface area contributed by atoms with E-state index in [2.05, 4.69) is 22.7 Å². The first-order valence-corrected chi connectivity index (χ1v) is 15.2. The average Bonchev–Trinajstić information content (AvgIpc) is 2.98. The molecule has 218 valence electrons. The standard InChI is InChI=1S/C30H23Cl2N5O4S2/c1-36(2)22-12-14-37(15-13-22)29(24(18-33)28(38)19-6-4-3-5-7-19)35-43(40,41)27-16-23(25(32)17-26(27)42)30(39)34-21-10-8-20(31)9-11-21/h3-17H,1-2H3,(H2-,34,35,38,39,42)/p+1. The summed E-state index contributed by atoms with van der Waals surface area (Å²) in [5, 5.41) is 13.1. The Hall–Kier alpha value is -4.34. The van der Waals surface area contributed by atoms with E-state index < -0.39 is 32.2 Å². The second-order valence-corrected chi connectivity index (χ2v) is 12.2. The smallest absolute Gasteiger partial charge is 0.330 e. The maximum absolute atomic E-state index is 13.8. The van der Waals surface area contributed by atoms with Crippen molar-refractivity contribution in [3.05, 3.63) is 118 Å². The first-order valence-electron chi connectivity index (χ1n) is 12.5. The van der Waals surface area contributed by atoms with Crippen LogP contribution in [0.3, 0.4) is 0 Å². The van der Waals surface area contributed by atoms with Crippen LogP contribution in [0, 0.1) is 11.3 Å². The summed E-state index contributed by atoms with van der Waals surface area (Å²) in [6.07, 6.45) is 3.02. The third-order valence-corrected chi connectivity index (χ3v) is 8.58. The summed E-state index contributed by atoms with van der Waals surface area (Å²) in [4.78, 5) is 27.8. The van der Waals surface area contributed by atoms with Crippen LogP contribution in [-0.4, -0.2) is 34.2 Å². The minimum absolute atomic E-state index is 0.0446. The zero-order valence-corrected chi connectivity index (χ0v) is 26.0. The van der Waals surface area contributed by atoms with Gasteiger partial charge in [-0.2, -0.15) is 18.4 Å². The number of aromatic nitrogens is 1. The summed E-state index contributed by atoms with van der Waals surface area (Å²) < 4.78 is 31.4. The number of hydrogen-bond acceptors (Lipinski definition) is 7. The molecule has 3 aromatic carbocycles. The summed E-state index contributed by atoms with van der Waals surface area (Å²) in [5.41, 5.74) is 0.766. The Balaban J connectivity index is 1.81. The number of ketones is 1. The maximum Gasteiger partial charge on any atom is 0.330 e. The highest BCUT2D eigenvalue weighted by Crippen LogP contribution is 2.29. The van der Waals surface area contributed by atoms with Gasteiger partial charge in [-0.3, -0.25) is 9.59 Å². The third kappa shape index (κ3) is 7.36. The lowest BCUT2D eigenvalue weighted by atomic mass is 10.0. The number of carbonyl (C=O) groups excluding carboxylic acids is 2. The number of pyridine rings is 1. The van der Waals surface area contributed by atoms with E-state index in [9.17, 15) is 23.3 Å². The van der Waals surface area contributed by atoms with Gasteiger partial charge in [0, 0.05) is 53.1 Å². The maximum atomic E-state index is 13.8. The quantitative estimate of drug-likeness (QED) is 0.0727. The molecule has 1 aromatic heterocycles. The Kier molecular flexibility index (Phi) is 9.78. The van der Waals surface area contributed by atoms with Crippen LogP contribution >= 0.6 is 35.8 Å². The van der Waals surface area contributed by atoms with Crippen molar-refractivity contribution >= 4 is 74.7 Å². The van der Waals surface area contributed by atoms with Crippen molar-refractivity contribution in [3.8, 4) is 6.07 Å². The number of nitrogens with one attached hydrogen (secondary N) is 2. The number of benzene rings is 3. The summed E-state index contributed by atoms with van der Waals surface area (Å²) in [6.45, 7) is 0. The minimum atomic E-state index is -4.56. The van der Waals surface area contributed by atoms with Crippen molar-refractivity contribution in [2.45, 2.75) is 9.79 Å². The van der Waals surface area contributed by atoms with Crippen molar-refractivity contribution in [3.63, 3.8) is 0 Å². The molecule has 0 radical (unpaired) electrons. The molecule has 0 bridgehead atoms. The number of nitriles is 1. The van der Waals surface area contributed by atoms with Crippen LogP contribution in [-0.2, 0) is 10.0 Å². The van der Waals surface area contributed by atoms with Gasteiger partial charge in [0.15, 0.2) is 5.57 Å². The van der Waals surface area contributed by atoms with Gasteiger partial charge in [-0.15, -0.1) is 12.6 Å². The van der Waals surface area contributed by atoms with E-state index in [-0.39, 0.29) is 26.9 Å². The molecule has 1 amide bonds. The van der Waals surface area contributed by atoms with Crippen molar-refractivity contribution in [1.82, 2.24) is 4.72 Å². The van der Waals surface area contributed by atoms with Crippen LogP contribution in [0.25, 0.3) is 5.82 Å². The number of halogens is 2. The number of rotatable bonds is 9. The van der Waals surface area contributed by atoms with Gasteiger partial charge in [-0.05, 0) is 36.4 Å². The van der Waals surface area contributed by atoms with E-state index in [0.717, 1.165) is 11.8 Å². The van der Waals surface area contributed by atoms with E-state index in [0.29, 0.717) is 10.7 Å². The number of amides is 1. The first-order chi connectivity index (χ1) is 20.4. The molecule has 0 aliphatic heterocycles. The average molecular weight is 654 g/mol. The first kappa shape index (κ1) is 31.6. The molecule has 13 heteroatoms. The van der Waals surface area contributed by atoms with Crippen LogP contribution in [0.5, 0.6) is 0 Å². The molecule has 1 heterocycles. The Morgan fingerprint density at radius 3 is 2.16 bits per heavy atom. The molecule has 4 rings (SSSR count). The summed E-state index contributed by atoms with van der Waals surface area (Å²) in [7, 11) is -0.907. The monoisotopic (exact) mass is 652 g/mol. The molecule has 0 spiro atoms. The van der Waals surface area contributed by atoms with E-state index in [1.807, 2.05) is 25.1 Å². The fraction of sp³-hybridized carbons (Fsp3) is 0.0667. The molecule has 0 aliphatic rings. The number of Topliss-reactive ketones (excluding diaryl/α,β-unsaturated/α-hetero) is 1. The Morgan fingerprint density at radius 1 is 0.953 bits per heavy atom. The number of hydrogen-bond donors (Lipinski definition) is 3. The highest BCUT2D eigenvalue weighted by Gasteiger charge is 2.32. The van der Waals surface area contributed by atoms with Gasteiger partial charge in [0.2, 0.25) is 5.78 Å². The fourth-order valence-corrected chi connectivity index (χ4v) is 6.07. The van der Waals surface area contributed by atoms with Crippen LogP contribution in [0.15, 0.2) is 107 Å². The predicted octanol–water partition coefficient (Wildman–Crippen LogP) is 5.44. The molecular weight excluding hydrogens is 629 g/mol. The van der Waals surface area contributed by atoms with Crippen LogP contribution in [0.4, 0.5) is 11.4 Å². The number of allylic oxidation sites excluding steroid dienone is 1. The number of anilines is 2. The van der Waals surface area contributed by atoms with Crippen LogP contribution in [0.2, 0.25) is 10.0 Å². The highest BCUT2D eigenvalue weighted by atomic mass is 35.5. The number of nitrogens with zero attached hydrogens (tertiary/aromatic N) is 3. The molecule has 0 aliphatic carbocycles. The van der Waals surface area contributed by atoms with Gasteiger partial charge in [0.1, 0.15) is 11.0 Å². The van der Waals surface area contributed by atoms with Gasteiger partial charge in [0.25, 0.3) is 5.91 Å². The molecule has 0 saturated heterocycles. The number of thiol groups is 1. The lowest BCUT2D eigenvalue weighted by molar-refractivity contribution is -0.584. The molecule has 0 atom stereocenters. The van der Waals surface area contributed by atoms with Gasteiger partial charge >= 0.3 is 15.8 Å². The van der Waals surface area contributed by atoms with Crippen molar-refractivity contribution in [1.29, 1.82) is 5.26 Å². The van der Waals surface area contributed by atoms with Gasteiger partial charge in [-0.1, -0.05) is 53.5 Å². The molecule has 0 unspecified atom stereocenters. The highest BCUT2D eigenvalue weighted by molar-refractivity contribution is 7.90. The Labute approximate surface area is 264 Å².